The van der Waals surface area contributed by atoms with E-state index < -0.39 is 10.0 Å². The number of nitrogens with one attached hydrogen (secondary N) is 1. The summed E-state index contributed by atoms with van der Waals surface area (Å²) in [6, 6.07) is 7.12. The predicted octanol–water partition coefficient (Wildman–Crippen LogP) is 1.43. The molecule has 0 spiro atoms. The maximum absolute atomic E-state index is 12.4. The Balaban J connectivity index is 2.33. The first-order valence-corrected chi connectivity index (χ1v) is 7.73. The van der Waals surface area contributed by atoms with E-state index in [-0.39, 0.29) is 6.04 Å². The van der Waals surface area contributed by atoms with Gasteiger partial charge in [0.05, 0.1) is 4.90 Å². The molecule has 6 heteroatoms. The van der Waals surface area contributed by atoms with Crippen LogP contribution >= 0.6 is 15.9 Å². The minimum atomic E-state index is -3.38. The molecule has 0 unspecified atom stereocenters. The van der Waals surface area contributed by atoms with Gasteiger partial charge in [-0.05, 0) is 35.0 Å². The third-order valence-corrected chi connectivity index (χ3v) is 5.66. The van der Waals surface area contributed by atoms with E-state index in [2.05, 4.69) is 21.2 Å². The first-order chi connectivity index (χ1) is 8.01. The molecule has 0 amide bonds. The van der Waals surface area contributed by atoms with Crippen molar-refractivity contribution in [1.29, 1.82) is 0 Å². The number of hydrogen-bond acceptors (Lipinski definition) is 3. The van der Waals surface area contributed by atoms with Gasteiger partial charge in [-0.1, -0.05) is 12.1 Å². The van der Waals surface area contributed by atoms with Crippen LogP contribution in [0.4, 0.5) is 0 Å². The number of hydrogen-bond donors (Lipinski definition) is 1. The Morgan fingerprint density at radius 2 is 2.12 bits per heavy atom. The zero-order valence-corrected chi connectivity index (χ0v) is 12.0. The lowest BCUT2D eigenvalue weighted by Crippen LogP contribution is -2.51. The van der Waals surface area contributed by atoms with Crippen molar-refractivity contribution in [2.45, 2.75) is 17.9 Å². The van der Waals surface area contributed by atoms with E-state index in [1.165, 1.54) is 4.31 Å². The highest BCUT2D eigenvalue weighted by molar-refractivity contribution is 9.10. The number of piperazine rings is 1. The topological polar surface area (TPSA) is 49.4 Å². The molecule has 1 heterocycles. The Labute approximate surface area is 110 Å². The molecule has 0 aliphatic carbocycles. The molecule has 0 saturated carbocycles. The van der Waals surface area contributed by atoms with Crippen LogP contribution in [0, 0.1) is 0 Å². The monoisotopic (exact) mass is 318 g/mol. The van der Waals surface area contributed by atoms with Crippen molar-refractivity contribution in [3.63, 3.8) is 0 Å². The highest BCUT2D eigenvalue weighted by atomic mass is 79.9. The molecule has 1 aromatic rings. The van der Waals surface area contributed by atoms with Crippen molar-refractivity contribution in [2.24, 2.45) is 0 Å². The molecular formula is C11H15BrN2O2S. The van der Waals surface area contributed by atoms with Crippen molar-refractivity contribution in [3.8, 4) is 0 Å². The Bertz CT molecular complexity index is 504. The summed E-state index contributed by atoms with van der Waals surface area (Å²) >= 11 is 3.29. The Morgan fingerprint density at radius 1 is 1.41 bits per heavy atom. The number of sulfonamides is 1. The van der Waals surface area contributed by atoms with Gasteiger partial charge in [0.15, 0.2) is 0 Å². The van der Waals surface area contributed by atoms with Crippen LogP contribution in [0.2, 0.25) is 0 Å². The van der Waals surface area contributed by atoms with Crippen LogP contribution in [0.3, 0.4) is 0 Å². The molecule has 1 atom stereocenters. The van der Waals surface area contributed by atoms with Crippen LogP contribution in [-0.4, -0.2) is 38.4 Å². The quantitative estimate of drug-likeness (QED) is 0.897. The summed E-state index contributed by atoms with van der Waals surface area (Å²) < 4.78 is 27.0. The number of benzene rings is 1. The van der Waals surface area contributed by atoms with E-state index in [0.717, 1.165) is 0 Å². The Hall–Kier alpha value is -0.430. The van der Waals surface area contributed by atoms with Crippen molar-refractivity contribution in [2.75, 3.05) is 19.6 Å². The summed E-state index contributed by atoms with van der Waals surface area (Å²) in [5.74, 6) is 0. The Kier molecular flexibility index (Phi) is 3.87. The van der Waals surface area contributed by atoms with Crippen molar-refractivity contribution < 1.29 is 8.42 Å². The molecule has 1 fully saturated rings. The van der Waals surface area contributed by atoms with Crippen LogP contribution < -0.4 is 5.32 Å². The van der Waals surface area contributed by atoms with Gasteiger partial charge in [0.25, 0.3) is 0 Å². The summed E-state index contributed by atoms with van der Waals surface area (Å²) in [5, 5.41) is 3.23. The van der Waals surface area contributed by atoms with Gasteiger partial charge < -0.3 is 5.32 Å². The lowest BCUT2D eigenvalue weighted by atomic mass is 10.3. The predicted molar refractivity (Wildman–Crippen MR) is 70.4 cm³/mol. The number of rotatable bonds is 2. The molecular weight excluding hydrogens is 304 g/mol. The number of halogens is 1. The average molecular weight is 319 g/mol. The summed E-state index contributed by atoms with van der Waals surface area (Å²) in [6.45, 7) is 3.73. The molecule has 4 nitrogen and oxygen atoms in total. The fourth-order valence-electron chi connectivity index (χ4n) is 1.91. The van der Waals surface area contributed by atoms with E-state index in [1.54, 1.807) is 18.2 Å². The third-order valence-electron chi connectivity index (χ3n) is 2.79. The summed E-state index contributed by atoms with van der Waals surface area (Å²) in [6.07, 6.45) is 0. The van der Waals surface area contributed by atoms with E-state index >= 15 is 0 Å². The maximum atomic E-state index is 12.4. The summed E-state index contributed by atoms with van der Waals surface area (Å²) in [5.41, 5.74) is 0. The van der Waals surface area contributed by atoms with Crippen LogP contribution in [0.25, 0.3) is 0 Å². The van der Waals surface area contributed by atoms with E-state index in [9.17, 15) is 8.42 Å². The zero-order chi connectivity index (χ0) is 12.5. The van der Waals surface area contributed by atoms with E-state index in [0.29, 0.717) is 29.0 Å². The van der Waals surface area contributed by atoms with Gasteiger partial charge in [0.2, 0.25) is 10.0 Å². The van der Waals surface area contributed by atoms with Crippen molar-refractivity contribution >= 4 is 26.0 Å². The first kappa shape index (κ1) is 13.0. The summed E-state index contributed by atoms with van der Waals surface area (Å²) in [7, 11) is -3.38. The van der Waals surface area contributed by atoms with Gasteiger partial charge in [0, 0.05) is 30.1 Å². The molecule has 1 aliphatic heterocycles. The minimum Gasteiger partial charge on any atom is -0.312 e. The molecule has 0 radical (unpaired) electrons. The second kappa shape index (κ2) is 5.06. The number of nitrogens with zero attached hydrogens (tertiary/aromatic N) is 1. The minimum absolute atomic E-state index is 0.195. The fourth-order valence-corrected chi connectivity index (χ4v) is 4.40. The van der Waals surface area contributed by atoms with Crippen LogP contribution in [-0.2, 0) is 10.0 Å². The molecule has 0 aromatic heterocycles. The lowest BCUT2D eigenvalue weighted by molar-refractivity contribution is 0.310. The molecule has 94 valence electrons. The fraction of sp³-hybridized carbons (Fsp3) is 0.455. The lowest BCUT2D eigenvalue weighted by Gasteiger charge is -2.31. The van der Waals surface area contributed by atoms with Gasteiger partial charge in [-0.3, -0.25) is 0 Å². The smallest absolute Gasteiger partial charge is 0.244 e. The summed E-state index contributed by atoms with van der Waals surface area (Å²) in [4.78, 5) is 0.342. The normalized spacial score (nSPS) is 22.6. The largest absolute Gasteiger partial charge is 0.312 e. The van der Waals surface area contributed by atoms with E-state index in [4.69, 9.17) is 0 Å². The highest BCUT2D eigenvalue weighted by Crippen LogP contribution is 2.25. The SMILES string of the molecule is C[C@@H]1CN(S(=O)(=O)c2ccccc2Br)CCN1. The van der Waals surface area contributed by atoms with Crippen LogP contribution in [0.1, 0.15) is 6.92 Å². The van der Waals surface area contributed by atoms with Gasteiger partial charge >= 0.3 is 0 Å². The van der Waals surface area contributed by atoms with Crippen LogP contribution in [0.15, 0.2) is 33.6 Å². The van der Waals surface area contributed by atoms with Gasteiger partial charge in [-0.15, -0.1) is 0 Å². The van der Waals surface area contributed by atoms with Crippen molar-refractivity contribution in [1.82, 2.24) is 9.62 Å². The van der Waals surface area contributed by atoms with Crippen molar-refractivity contribution in [3.05, 3.63) is 28.7 Å². The molecule has 2 rings (SSSR count). The standard InChI is InChI=1S/C11H15BrN2O2S/c1-9-8-14(7-6-13-9)17(15,16)11-5-3-2-4-10(11)12/h2-5,9,13H,6-8H2,1H3/t9-/m1/s1. The first-order valence-electron chi connectivity index (χ1n) is 5.50. The molecule has 17 heavy (non-hydrogen) atoms. The molecule has 1 saturated heterocycles. The highest BCUT2D eigenvalue weighted by Gasteiger charge is 2.29. The molecule has 1 aliphatic rings. The maximum Gasteiger partial charge on any atom is 0.244 e. The molecule has 0 bridgehead atoms. The zero-order valence-electron chi connectivity index (χ0n) is 9.56. The van der Waals surface area contributed by atoms with Gasteiger partial charge in [0.1, 0.15) is 0 Å². The molecule has 1 N–H and O–H groups in total. The van der Waals surface area contributed by atoms with E-state index in [1.807, 2.05) is 13.0 Å². The third kappa shape index (κ3) is 2.70. The van der Waals surface area contributed by atoms with Gasteiger partial charge in [-0.2, -0.15) is 4.31 Å². The Morgan fingerprint density at radius 3 is 2.76 bits per heavy atom. The average Bonchev–Trinajstić information content (AvgIpc) is 2.29. The second-order valence-electron chi connectivity index (χ2n) is 4.15. The van der Waals surface area contributed by atoms with Gasteiger partial charge in [-0.25, -0.2) is 8.42 Å². The molecule has 1 aromatic carbocycles. The second-order valence-corrected chi connectivity index (χ2v) is 6.91. The van der Waals surface area contributed by atoms with Crippen LogP contribution in [0.5, 0.6) is 0 Å².